The lowest BCUT2D eigenvalue weighted by Gasteiger charge is -2.13. The third-order valence-corrected chi connectivity index (χ3v) is 6.26. The fraction of sp³-hybridized carbons (Fsp3) is 0.185. The highest BCUT2D eigenvalue weighted by Crippen LogP contribution is 2.38. The molecule has 0 spiro atoms. The number of benzene rings is 3. The van der Waals surface area contributed by atoms with E-state index in [1.54, 1.807) is 27.4 Å². The highest BCUT2D eigenvalue weighted by Gasteiger charge is 2.13. The summed E-state index contributed by atoms with van der Waals surface area (Å²) in [5, 5.41) is 3.10. The number of aromatic nitrogens is 1. The van der Waals surface area contributed by atoms with Gasteiger partial charge in [0.1, 0.15) is 11.6 Å². The Morgan fingerprint density at radius 1 is 0.944 bits per heavy atom. The molecule has 3 aromatic carbocycles. The molecule has 186 valence electrons. The van der Waals surface area contributed by atoms with E-state index in [1.807, 2.05) is 49.4 Å². The van der Waals surface area contributed by atoms with E-state index in [1.165, 1.54) is 23.5 Å². The summed E-state index contributed by atoms with van der Waals surface area (Å²) in [6, 6.07) is 13.7. The van der Waals surface area contributed by atoms with E-state index in [-0.39, 0.29) is 18.3 Å². The molecule has 1 heterocycles. The Bertz CT molecular complexity index is 1410. The minimum Gasteiger partial charge on any atom is -0.493 e. The lowest BCUT2D eigenvalue weighted by Crippen LogP contribution is -2.20. The zero-order valence-electron chi connectivity index (χ0n) is 20.3. The number of carbonyl (C=O) groups is 1. The lowest BCUT2D eigenvalue weighted by molar-refractivity contribution is -0.118. The van der Waals surface area contributed by atoms with Gasteiger partial charge in [-0.3, -0.25) is 10.1 Å². The highest BCUT2D eigenvalue weighted by atomic mass is 32.1. The predicted molar refractivity (Wildman–Crippen MR) is 140 cm³/mol. The lowest BCUT2D eigenvalue weighted by atomic mass is 10.1. The number of carbonyl (C=O) groups excluding carboxylic acids is 1. The number of ether oxygens (including phenoxy) is 4. The van der Waals surface area contributed by atoms with Crippen molar-refractivity contribution in [2.24, 2.45) is 0 Å². The maximum absolute atomic E-state index is 13.4. The molecule has 1 amide bonds. The van der Waals surface area contributed by atoms with Gasteiger partial charge < -0.3 is 18.9 Å². The summed E-state index contributed by atoms with van der Waals surface area (Å²) in [7, 11) is 4.70. The fourth-order valence-electron chi connectivity index (χ4n) is 3.52. The van der Waals surface area contributed by atoms with Crippen LogP contribution in [-0.2, 0) is 4.79 Å². The van der Waals surface area contributed by atoms with Crippen LogP contribution in [0.2, 0.25) is 0 Å². The largest absolute Gasteiger partial charge is 0.493 e. The first-order chi connectivity index (χ1) is 17.4. The quantitative estimate of drug-likeness (QED) is 0.281. The third kappa shape index (κ3) is 5.75. The summed E-state index contributed by atoms with van der Waals surface area (Å²) in [4.78, 5) is 16.7. The molecule has 4 rings (SSSR count). The molecule has 0 unspecified atom stereocenters. The highest BCUT2D eigenvalue weighted by molar-refractivity contribution is 7.22. The molecule has 0 aliphatic heterocycles. The second kappa shape index (κ2) is 11.1. The van der Waals surface area contributed by atoms with Crippen molar-refractivity contribution in [1.29, 1.82) is 0 Å². The first-order valence-electron chi connectivity index (χ1n) is 11.0. The number of nitrogens with zero attached hydrogens (tertiary/aromatic N) is 1. The van der Waals surface area contributed by atoms with Crippen LogP contribution in [0.1, 0.15) is 16.7 Å². The minimum atomic E-state index is -0.354. The number of aryl methyl sites for hydroxylation is 1. The van der Waals surface area contributed by atoms with Gasteiger partial charge in [-0.2, -0.15) is 0 Å². The van der Waals surface area contributed by atoms with E-state index in [2.05, 4.69) is 10.3 Å². The topological polar surface area (TPSA) is 78.9 Å². The van der Waals surface area contributed by atoms with Crippen LogP contribution in [0.5, 0.6) is 23.0 Å². The molecule has 0 aliphatic rings. The molecule has 0 atom stereocenters. The van der Waals surface area contributed by atoms with Gasteiger partial charge in [-0.05, 0) is 60.0 Å². The molecule has 9 heteroatoms. The van der Waals surface area contributed by atoms with Crippen LogP contribution in [0.25, 0.3) is 22.4 Å². The number of nitrogens with one attached hydrogen (secondary N) is 1. The summed E-state index contributed by atoms with van der Waals surface area (Å²) in [6.07, 6.45) is 3.84. The molecule has 0 aliphatic carbocycles. The van der Waals surface area contributed by atoms with Crippen molar-refractivity contribution in [2.45, 2.75) is 6.92 Å². The summed E-state index contributed by atoms with van der Waals surface area (Å²) >= 11 is 1.21. The minimum absolute atomic E-state index is 0.189. The summed E-state index contributed by atoms with van der Waals surface area (Å²) in [6.45, 7) is 1.72. The zero-order chi connectivity index (χ0) is 25.7. The Morgan fingerprint density at radius 2 is 1.64 bits per heavy atom. The van der Waals surface area contributed by atoms with Crippen molar-refractivity contribution in [1.82, 2.24) is 4.98 Å². The SMILES string of the molecule is COc1cc(/C=C\c2ccc(C)c(OCC(=O)Nc3nc4ccc(F)cc4s3)c2)cc(OC)c1OC. The number of hydrogen-bond donors (Lipinski definition) is 1. The molecule has 0 saturated heterocycles. The van der Waals surface area contributed by atoms with Gasteiger partial charge in [0.05, 0.1) is 31.5 Å². The molecule has 4 aromatic rings. The smallest absolute Gasteiger partial charge is 0.264 e. The monoisotopic (exact) mass is 508 g/mol. The number of halogens is 1. The van der Waals surface area contributed by atoms with Crippen molar-refractivity contribution in [2.75, 3.05) is 33.3 Å². The number of methoxy groups -OCH3 is 3. The molecular weight excluding hydrogens is 483 g/mol. The van der Waals surface area contributed by atoms with Gasteiger partial charge in [0.2, 0.25) is 5.75 Å². The molecule has 0 radical (unpaired) electrons. The van der Waals surface area contributed by atoms with Crippen LogP contribution >= 0.6 is 11.3 Å². The van der Waals surface area contributed by atoms with Crippen molar-refractivity contribution in [3.63, 3.8) is 0 Å². The number of hydrogen-bond acceptors (Lipinski definition) is 7. The van der Waals surface area contributed by atoms with E-state index in [9.17, 15) is 9.18 Å². The van der Waals surface area contributed by atoms with E-state index < -0.39 is 0 Å². The molecule has 36 heavy (non-hydrogen) atoms. The van der Waals surface area contributed by atoms with E-state index in [0.717, 1.165) is 16.7 Å². The summed E-state index contributed by atoms with van der Waals surface area (Å²) in [5.41, 5.74) is 3.27. The van der Waals surface area contributed by atoms with Gasteiger partial charge in [0.15, 0.2) is 23.2 Å². The average Bonchev–Trinajstić information content (AvgIpc) is 3.27. The first-order valence-corrected chi connectivity index (χ1v) is 11.8. The maximum atomic E-state index is 13.4. The van der Waals surface area contributed by atoms with Gasteiger partial charge in [0.25, 0.3) is 5.91 Å². The van der Waals surface area contributed by atoms with Gasteiger partial charge in [-0.1, -0.05) is 35.6 Å². The van der Waals surface area contributed by atoms with Crippen LogP contribution < -0.4 is 24.3 Å². The number of thiazole rings is 1. The standard InChI is InChI=1S/C27H25FN2O5S/c1-16-5-6-17(7-8-18-12-22(32-2)26(34-4)23(13-18)33-3)11-21(16)35-15-25(31)30-27-29-20-10-9-19(28)14-24(20)36-27/h5-14H,15H2,1-4H3,(H,29,30,31)/b8-7-. The van der Waals surface area contributed by atoms with Crippen molar-refractivity contribution in [3.8, 4) is 23.0 Å². The summed E-state index contributed by atoms with van der Waals surface area (Å²) in [5.74, 6) is 1.54. The number of rotatable bonds is 9. The maximum Gasteiger partial charge on any atom is 0.264 e. The third-order valence-electron chi connectivity index (χ3n) is 5.32. The van der Waals surface area contributed by atoms with Crippen molar-refractivity contribution in [3.05, 3.63) is 71.0 Å². The fourth-order valence-corrected chi connectivity index (χ4v) is 4.42. The van der Waals surface area contributed by atoms with Gasteiger partial charge >= 0.3 is 0 Å². The van der Waals surface area contributed by atoms with Crippen LogP contribution in [0.15, 0.2) is 48.5 Å². The molecule has 0 saturated carbocycles. The van der Waals surface area contributed by atoms with Gasteiger partial charge in [-0.15, -0.1) is 0 Å². The van der Waals surface area contributed by atoms with E-state index >= 15 is 0 Å². The molecular formula is C27H25FN2O5S. The normalized spacial score (nSPS) is 11.0. The molecule has 1 N–H and O–H groups in total. The number of anilines is 1. The Hall–Kier alpha value is -4.11. The summed E-state index contributed by atoms with van der Waals surface area (Å²) < 4.78 is 36.0. The Morgan fingerprint density at radius 3 is 2.33 bits per heavy atom. The molecule has 1 aromatic heterocycles. The van der Waals surface area contributed by atoms with Crippen LogP contribution in [0.4, 0.5) is 9.52 Å². The molecule has 0 fully saturated rings. The Balaban J connectivity index is 1.43. The molecule has 0 bridgehead atoms. The van der Waals surface area contributed by atoms with Crippen LogP contribution in [0, 0.1) is 12.7 Å². The second-order valence-electron chi connectivity index (χ2n) is 7.78. The van der Waals surface area contributed by atoms with Gasteiger partial charge in [0, 0.05) is 0 Å². The zero-order valence-corrected chi connectivity index (χ0v) is 21.1. The van der Waals surface area contributed by atoms with E-state index in [0.29, 0.717) is 38.3 Å². The first kappa shape index (κ1) is 25.0. The predicted octanol–water partition coefficient (Wildman–Crippen LogP) is 5.96. The number of amides is 1. The Kier molecular flexibility index (Phi) is 7.70. The van der Waals surface area contributed by atoms with Crippen molar-refractivity contribution < 1.29 is 28.1 Å². The Labute approximate surface area is 212 Å². The van der Waals surface area contributed by atoms with Crippen molar-refractivity contribution >= 4 is 44.7 Å². The number of fused-ring (bicyclic) bond motifs is 1. The molecule has 7 nitrogen and oxygen atoms in total. The van der Waals surface area contributed by atoms with Gasteiger partial charge in [-0.25, -0.2) is 9.37 Å². The second-order valence-corrected chi connectivity index (χ2v) is 8.82. The van der Waals surface area contributed by atoms with E-state index in [4.69, 9.17) is 18.9 Å². The van der Waals surface area contributed by atoms with Crippen LogP contribution in [0.3, 0.4) is 0 Å². The van der Waals surface area contributed by atoms with Crippen LogP contribution in [-0.4, -0.2) is 38.8 Å². The average molecular weight is 509 g/mol.